The summed E-state index contributed by atoms with van der Waals surface area (Å²) in [5.41, 5.74) is 3.84. The van der Waals surface area contributed by atoms with Crippen LogP contribution in [0.1, 0.15) is 30.5 Å². The normalized spacial score (nSPS) is 9.48. The molecule has 0 spiro atoms. The zero-order chi connectivity index (χ0) is 21.0. The van der Waals surface area contributed by atoms with Crippen LogP contribution in [0.4, 0.5) is 0 Å². The monoisotopic (exact) mass is 500 g/mol. The van der Waals surface area contributed by atoms with Crippen LogP contribution in [0.25, 0.3) is 0 Å². The van der Waals surface area contributed by atoms with Crippen molar-refractivity contribution in [1.29, 1.82) is 0 Å². The average molecular weight is 501 g/mol. The van der Waals surface area contributed by atoms with Gasteiger partial charge in [0.1, 0.15) is 0 Å². The first-order valence-corrected chi connectivity index (χ1v) is 9.16. The smallest absolute Gasteiger partial charge is 0.550 e. The minimum absolute atomic E-state index is 0. The van der Waals surface area contributed by atoms with Crippen molar-refractivity contribution in [2.75, 3.05) is 0 Å². The van der Waals surface area contributed by atoms with E-state index in [0.717, 1.165) is 13.8 Å². The molecule has 0 heterocycles. The number of rotatable bonds is 3. The summed E-state index contributed by atoms with van der Waals surface area (Å²) in [7, 11) is 3.06. The maximum absolute atomic E-state index is 8.89. The van der Waals surface area contributed by atoms with E-state index in [1.807, 2.05) is 0 Å². The van der Waals surface area contributed by atoms with E-state index in [1.54, 1.807) is 0 Å². The zero-order valence-electron chi connectivity index (χ0n) is 16.2. The molecule has 1 unspecified atom stereocenters. The molecule has 4 nitrogen and oxygen atoms in total. The van der Waals surface area contributed by atoms with Crippen molar-refractivity contribution in [2.24, 2.45) is 0 Å². The second kappa shape index (κ2) is 13.8. The molecule has 0 saturated carbocycles. The number of carbonyl (C=O) groups excluding carboxylic acids is 2. The molecule has 3 aromatic carbocycles. The maximum Gasteiger partial charge on any atom is 2.00 e. The van der Waals surface area contributed by atoms with Gasteiger partial charge in [0, 0.05) is 11.9 Å². The molecule has 0 N–H and O–H groups in total. The Morgan fingerprint density at radius 1 is 0.621 bits per heavy atom. The third kappa shape index (κ3) is 9.15. The van der Waals surface area contributed by atoms with Gasteiger partial charge in [0.15, 0.2) is 0 Å². The summed E-state index contributed by atoms with van der Waals surface area (Å²) >= 11 is 0. The minimum Gasteiger partial charge on any atom is -0.550 e. The third-order valence-corrected chi connectivity index (χ3v) is 4.69. The molecule has 3 rings (SSSR count). The number of hydrogen-bond acceptors (Lipinski definition) is 4. The van der Waals surface area contributed by atoms with Gasteiger partial charge in [-0.3, -0.25) is 0 Å². The minimum atomic E-state index is -1.08. The average Bonchev–Trinajstić information content (AvgIpc) is 2.68. The predicted molar refractivity (Wildman–Crippen MR) is 110 cm³/mol. The van der Waals surface area contributed by atoms with Crippen LogP contribution >= 0.6 is 9.24 Å². The van der Waals surface area contributed by atoms with Gasteiger partial charge in [-0.2, -0.15) is 0 Å². The summed E-state index contributed by atoms with van der Waals surface area (Å²) < 4.78 is 0. The van der Waals surface area contributed by atoms with Crippen molar-refractivity contribution in [3.8, 4) is 0 Å². The van der Waals surface area contributed by atoms with Gasteiger partial charge >= 0.3 is 20.4 Å². The van der Waals surface area contributed by atoms with Gasteiger partial charge in [-0.05, 0) is 30.5 Å². The van der Waals surface area contributed by atoms with Crippen LogP contribution in [-0.2, 0) is 35.2 Å². The fourth-order valence-electron chi connectivity index (χ4n) is 2.60. The maximum atomic E-state index is 8.89. The Kier molecular flexibility index (Phi) is 12.7. The summed E-state index contributed by atoms with van der Waals surface area (Å²) in [5, 5.41) is 17.6. The van der Waals surface area contributed by atoms with Crippen molar-refractivity contribution in [3.05, 3.63) is 108 Å². The molecular weight excluding hydrogens is 478 g/mol. The van der Waals surface area contributed by atoms with E-state index in [2.05, 4.69) is 100 Å². The fourth-order valence-corrected chi connectivity index (χ4v) is 3.18. The molecule has 0 radical (unpaired) electrons. The van der Waals surface area contributed by atoms with Gasteiger partial charge in [0.2, 0.25) is 0 Å². The summed E-state index contributed by atoms with van der Waals surface area (Å²) in [6, 6.07) is 31.9. The molecule has 0 bridgehead atoms. The summed E-state index contributed by atoms with van der Waals surface area (Å²) in [5.74, 6) is -2.17. The van der Waals surface area contributed by atoms with Gasteiger partial charge in [-0.25, -0.2) is 0 Å². The molecule has 0 fully saturated rings. The van der Waals surface area contributed by atoms with E-state index in [4.69, 9.17) is 19.8 Å². The van der Waals surface area contributed by atoms with Crippen molar-refractivity contribution in [2.45, 2.75) is 19.0 Å². The summed E-state index contributed by atoms with van der Waals surface area (Å²) in [6.45, 7) is 1.94. The summed E-state index contributed by atoms with van der Waals surface area (Å²) in [6.07, 6.45) is 0. The molecule has 29 heavy (non-hydrogen) atoms. The van der Waals surface area contributed by atoms with Crippen LogP contribution in [0.3, 0.4) is 0 Å². The van der Waals surface area contributed by atoms with Crippen molar-refractivity contribution in [3.63, 3.8) is 0 Å². The first kappa shape index (κ1) is 26.7. The van der Waals surface area contributed by atoms with Crippen LogP contribution in [0, 0.1) is 0 Å². The molecular formula is C23H23O4PPd. The van der Waals surface area contributed by atoms with E-state index < -0.39 is 11.9 Å². The van der Waals surface area contributed by atoms with E-state index in [-0.39, 0.29) is 25.6 Å². The molecule has 154 valence electrons. The summed E-state index contributed by atoms with van der Waals surface area (Å²) in [4.78, 5) is 17.8. The quantitative estimate of drug-likeness (QED) is 0.314. The Bertz CT molecular complexity index is 739. The van der Waals surface area contributed by atoms with Crippen LogP contribution < -0.4 is 10.2 Å². The second-order valence-electron chi connectivity index (χ2n) is 5.89. The topological polar surface area (TPSA) is 80.3 Å². The number of carboxylic acids is 2. The van der Waals surface area contributed by atoms with E-state index >= 15 is 0 Å². The number of carbonyl (C=O) groups is 2. The second-order valence-corrected chi connectivity index (χ2v) is 6.76. The van der Waals surface area contributed by atoms with E-state index in [0.29, 0.717) is 0 Å². The van der Waals surface area contributed by atoms with Gasteiger partial charge in [-0.1, -0.05) is 91.0 Å². The van der Waals surface area contributed by atoms with Crippen LogP contribution in [0.2, 0.25) is 0 Å². The molecule has 1 atom stereocenters. The predicted octanol–water partition coefficient (Wildman–Crippen LogP) is 2.36. The van der Waals surface area contributed by atoms with E-state index in [9.17, 15) is 0 Å². The number of benzene rings is 3. The largest absolute Gasteiger partial charge is 2.00 e. The van der Waals surface area contributed by atoms with Crippen LogP contribution in [-0.4, -0.2) is 11.9 Å². The Labute approximate surface area is 187 Å². The molecule has 3 aromatic rings. The van der Waals surface area contributed by atoms with Gasteiger partial charge in [0.05, 0.1) is 5.16 Å². The molecule has 0 aliphatic heterocycles. The fraction of sp³-hybridized carbons (Fsp3) is 0.130. The molecule has 0 aliphatic rings. The van der Waals surface area contributed by atoms with Crippen LogP contribution in [0.5, 0.6) is 0 Å². The third-order valence-electron chi connectivity index (χ3n) is 3.69. The van der Waals surface area contributed by atoms with Crippen LogP contribution in [0.15, 0.2) is 91.0 Å². The zero-order valence-corrected chi connectivity index (χ0v) is 18.9. The van der Waals surface area contributed by atoms with E-state index in [1.165, 1.54) is 16.7 Å². The van der Waals surface area contributed by atoms with Crippen molar-refractivity contribution in [1.82, 2.24) is 0 Å². The van der Waals surface area contributed by atoms with Crippen molar-refractivity contribution >= 4 is 21.2 Å². The first-order valence-electron chi connectivity index (χ1n) is 8.59. The Hall–Kier alpha value is -2.31. The van der Waals surface area contributed by atoms with Crippen molar-refractivity contribution < 1.29 is 40.2 Å². The number of hydrogen-bond donors (Lipinski definition) is 0. The molecule has 0 aromatic heterocycles. The van der Waals surface area contributed by atoms with Gasteiger partial charge in [-0.15, -0.1) is 9.24 Å². The molecule has 0 aliphatic carbocycles. The molecule has 0 saturated heterocycles. The Morgan fingerprint density at radius 2 is 0.793 bits per heavy atom. The first-order chi connectivity index (χ1) is 13.3. The molecule has 0 amide bonds. The SMILES string of the molecule is CC(=O)[O-].CC(=O)[O-].PC(c1ccccc1)(c1ccccc1)c1ccccc1.[Pd+2]. The number of carboxylic acid groups (broad SMARTS) is 2. The Morgan fingerprint density at radius 3 is 0.966 bits per heavy atom. The Balaban J connectivity index is 0.000000752. The number of aliphatic carboxylic acids is 2. The molecule has 6 heteroatoms. The van der Waals surface area contributed by atoms with Gasteiger partial charge < -0.3 is 19.8 Å². The standard InChI is InChI=1S/C19H17P.2C2H4O2.Pd/c20-19(16-10-4-1-5-11-16,17-12-6-2-7-13-17)18-14-8-3-9-15-18;2*1-2(3)4;/h1-15H,20H2;2*1H3,(H,3,4);/q;;;+2/p-2. The van der Waals surface area contributed by atoms with Gasteiger partial charge in [0.25, 0.3) is 0 Å².